The van der Waals surface area contributed by atoms with Gasteiger partial charge in [0.15, 0.2) is 7.14 Å². The highest BCUT2D eigenvalue weighted by Gasteiger charge is 2.39. The second kappa shape index (κ2) is 11.0. The molecule has 0 bridgehead atoms. The molecule has 6 aromatic rings. The minimum atomic E-state index is -3.44. The summed E-state index contributed by atoms with van der Waals surface area (Å²) in [5.74, 6) is 0.871. The SMILES string of the molecule is COc1ccc2c(P(=O)(c3ccccc3)c3ccccc3)c(C(c3ccc(Cl)cc3)c3ccc(Cl)cc3)oc2c1. The molecule has 0 radical (unpaired) electrons. The smallest absolute Gasteiger partial charge is 0.175 e. The van der Waals surface area contributed by atoms with Crippen LogP contribution >= 0.6 is 30.3 Å². The number of benzene rings is 5. The van der Waals surface area contributed by atoms with Crippen molar-refractivity contribution in [3.63, 3.8) is 0 Å². The molecule has 0 aliphatic heterocycles. The van der Waals surface area contributed by atoms with E-state index in [2.05, 4.69) is 0 Å². The number of methoxy groups -OCH3 is 1. The predicted molar refractivity (Wildman–Crippen MR) is 166 cm³/mol. The fourth-order valence-electron chi connectivity index (χ4n) is 5.22. The molecule has 0 N–H and O–H groups in total. The van der Waals surface area contributed by atoms with E-state index in [9.17, 15) is 0 Å². The number of rotatable bonds is 7. The molecule has 1 aromatic heterocycles. The topological polar surface area (TPSA) is 39.4 Å². The average molecular weight is 583 g/mol. The number of hydrogen-bond acceptors (Lipinski definition) is 3. The van der Waals surface area contributed by atoms with Crippen LogP contribution in [0.2, 0.25) is 10.0 Å². The standard InChI is InChI=1S/C34H25Cl2O3P/c1-38-27-20-21-30-31(22-27)39-33(32(23-12-16-25(35)17-13-23)24-14-18-26(36)19-15-24)34(30)40(37,28-8-4-2-5-9-28)29-10-6-3-7-11-29/h2-22,32H,1H3. The Labute approximate surface area is 243 Å². The first-order valence-corrected chi connectivity index (χ1v) is 15.3. The molecule has 3 nitrogen and oxygen atoms in total. The van der Waals surface area contributed by atoms with E-state index in [1.54, 1.807) is 7.11 Å². The van der Waals surface area contributed by atoms with E-state index in [1.807, 2.05) is 127 Å². The van der Waals surface area contributed by atoms with Crippen LogP contribution in [0.4, 0.5) is 0 Å². The van der Waals surface area contributed by atoms with Gasteiger partial charge in [0.2, 0.25) is 0 Å². The molecule has 6 heteroatoms. The van der Waals surface area contributed by atoms with Crippen LogP contribution in [0.25, 0.3) is 11.0 Å². The number of hydrogen-bond donors (Lipinski definition) is 0. The number of fused-ring (bicyclic) bond motifs is 1. The second-order valence-electron chi connectivity index (χ2n) is 9.49. The molecule has 6 rings (SSSR count). The quantitative estimate of drug-likeness (QED) is 0.177. The first kappa shape index (κ1) is 26.5. The second-order valence-corrected chi connectivity index (χ2v) is 13.1. The molecule has 0 unspecified atom stereocenters. The Morgan fingerprint density at radius 1 is 0.675 bits per heavy atom. The molecule has 0 fully saturated rings. The molecule has 0 saturated carbocycles. The Kier molecular flexibility index (Phi) is 7.29. The van der Waals surface area contributed by atoms with Gasteiger partial charge in [0.05, 0.1) is 18.3 Å². The largest absolute Gasteiger partial charge is 0.497 e. The average Bonchev–Trinajstić information content (AvgIpc) is 3.38. The summed E-state index contributed by atoms with van der Waals surface area (Å²) in [6, 6.07) is 40.3. The summed E-state index contributed by atoms with van der Waals surface area (Å²) in [7, 11) is -1.82. The molecular weight excluding hydrogens is 558 g/mol. The van der Waals surface area contributed by atoms with Gasteiger partial charge in [0.25, 0.3) is 0 Å². The maximum atomic E-state index is 15.8. The molecule has 5 aromatic carbocycles. The summed E-state index contributed by atoms with van der Waals surface area (Å²) in [6.45, 7) is 0. The van der Waals surface area contributed by atoms with Gasteiger partial charge in [0.1, 0.15) is 17.1 Å². The fourth-order valence-corrected chi connectivity index (χ4v) is 8.48. The highest BCUT2D eigenvalue weighted by atomic mass is 35.5. The van der Waals surface area contributed by atoms with Gasteiger partial charge in [-0.25, -0.2) is 0 Å². The van der Waals surface area contributed by atoms with Crippen molar-refractivity contribution < 1.29 is 13.7 Å². The van der Waals surface area contributed by atoms with E-state index in [1.165, 1.54) is 0 Å². The summed E-state index contributed by atoms with van der Waals surface area (Å²) in [5, 5.41) is 4.16. The molecule has 0 atom stereocenters. The predicted octanol–water partition coefficient (Wildman–Crippen LogP) is 8.57. The molecule has 198 valence electrons. The molecule has 0 aliphatic carbocycles. The van der Waals surface area contributed by atoms with E-state index >= 15 is 4.57 Å². The highest BCUT2D eigenvalue weighted by Crippen LogP contribution is 2.49. The van der Waals surface area contributed by atoms with Crippen molar-refractivity contribution in [2.75, 3.05) is 7.11 Å². The van der Waals surface area contributed by atoms with Crippen molar-refractivity contribution in [3.8, 4) is 5.75 Å². The third kappa shape index (κ3) is 4.75. The maximum absolute atomic E-state index is 15.8. The van der Waals surface area contributed by atoms with Crippen LogP contribution in [0.3, 0.4) is 0 Å². The minimum absolute atomic E-state index is 0.385. The van der Waals surface area contributed by atoms with Gasteiger partial charge in [-0.2, -0.15) is 0 Å². The molecule has 0 aliphatic rings. The molecular formula is C34H25Cl2O3P. The molecule has 0 saturated heterocycles. The zero-order chi connectivity index (χ0) is 27.7. The van der Waals surface area contributed by atoms with Crippen molar-refractivity contribution in [2.24, 2.45) is 0 Å². The van der Waals surface area contributed by atoms with Crippen molar-refractivity contribution >= 4 is 57.2 Å². The van der Waals surface area contributed by atoms with E-state index in [-0.39, 0.29) is 5.92 Å². The first-order valence-electron chi connectivity index (χ1n) is 12.8. The van der Waals surface area contributed by atoms with Crippen LogP contribution in [0.1, 0.15) is 22.8 Å². The summed E-state index contributed by atoms with van der Waals surface area (Å²) >= 11 is 12.6. The Hall–Kier alpha value is -3.75. The van der Waals surface area contributed by atoms with Gasteiger partial charge < -0.3 is 13.7 Å². The Morgan fingerprint density at radius 3 is 1.65 bits per heavy atom. The normalized spacial score (nSPS) is 11.7. The van der Waals surface area contributed by atoms with Crippen molar-refractivity contribution in [1.82, 2.24) is 0 Å². The van der Waals surface area contributed by atoms with Crippen LogP contribution in [0.5, 0.6) is 5.75 Å². The minimum Gasteiger partial charge on any atom is -0.497 e. The zero-order valence-electron chi connectivity index (χ0n) is 21.6. The van der Waals surface area contributed by atoms with Crippen LogP contribution < -0.4 is 20.7 Å². The Morgan fingerprint density at radius 2 is 1.18 bits per heavy atom. The molecule has 40 heavy (non-hydrogen) atoms. The van der Waals surface area contributed by atoms with Crippen molar-refractivity contribution in [1.29, 1.82) is 0 Å². The van der Waals surface area contributed by atoms with Gasteiger partial charge in [0, 0.05) is 32.1 Å². The van der Waals surface area contributed by atoms with Crippen LogP contribution in [0.15, 0.2) is 132 Å². The van der Waals surface area contributed by atoms with E-state index in [4.69, 9.17) is 32.4 Å². The fraction of sp³-hybridized carbons (Fsp3) is 0.0588. The number of halogens is 2. The summed E-state index contributed by atoms with van der Waals surface area (Å²) in [6.07, 6.45) is 0. The van der Waals surface area contributed by atoms with Gasteiger partial charge >= 0.3 is 0 Å². The van der Waals surface area contributed by atoms with Crippen LogP contribution in [0, 0.1) is 0 Å². The van der Waals surface area contributed by atoms with E-state index in [0.29, 0.717) is 32.4 Å². The lowest BCUT2D eigenvalue weighted by Crippen LogP contribution is -2.28. The van der Waals surface area contributed by atoms with Crippen molar-refractivity contribution in [3.05, 3.63) is 154 Å². The van der Waals surface area contributed by atoms with Gasteiger partial charge in [-0.1, -0.05) is 108 Å². The van der Waals surface area contributed by atoms with E-state index in [0.717, 1.165) is 27.1 Å². The van der Waals surface area contributed by atoms with Crippen molar-refractivity contribution in [2.45, 2.75) is 5.92 Å². The summed E-state index contributed by atoms with van der Waals surface area (Å²) in [4.78, 5) is 0. The van der Waals surface area contributed by atoms with Crippen LogP contribution in [-0.4, -0.2) is 7.11 Å². The first-order chi connectivity index (χ1) is 19.5. The Balaban J connectivity index is 1.74. The van der Waals surface area contributed by atoms with E-state index < -0.39 is 7.14 Å². The number of ether oxygens (including phenoxy) is 1. The van der Waals surface area contributed by atoms with Crippen LogP contribution in [-0.2, 0) is 4.57 Å². The third-order valence-electron chi connectivity index (χ3n) is 7.12. The molecule has 0 spiro atoms. The highest BCUT2D eigenvalue weighted by molar-refractivity contribution is 7.85. The zero-order valence-corrected chi connectivity index (χ0v) is 24.0. The molecule has 0 amide bonds. The number of furan rings is 1. The summed E-state index contributed by atoms with van der Waals surface area (Å²) in [5.41, 5.74) is 2.50. The lowest BCUT2D eigenvalue weighted by Gasteiger charge is -2.24. The van der Waals surface area contributed by atoms with Gasteiger partial charge in [-0.15, -0.1) is 0 Å². The Bertz CT molecular complexity index is 1720. The maximum Gasteiger partial charge on any atom is 0.175 e. The monoisotopic (exact) mass is 582 g/mol. The van der Waals surface area contributed by atoms with Gasteiger partial charge in [-0.05, 0) is 47.5 Å². The third-order valence-corrected chi connectivity index (χ3v) is 10.8. The summed E-state index contributed by atoms with van der Waals surface area (Å²) < 4.78 is 28.1. The molecule has 1 heterocycles. The lowest BCUT2D eigenvalue weighted by molar-refractivity contribution is 0.414. The lowest BCUT2D eigenvalue weighted by atomic mass is 9.89. The van der Waals surface area contributed by atoms with Gasteiger partial charge in [-0.3, -0.25) is 0 Å².